The molecule has 0 fully saturated rings. The van der Waals surface area contributed by atoms with Crippen molar-refractivity contribution >= 4 is 6.01 Å². The zero-order chi connectivity index (χ0) is 14.3. The Hall–Kier alpha value is -1.35. The van der Waals surface area contributed by atoms with E-state index in [1.54, 1.807) is 7.11 Å². The van der Waals surface area contributed by atoms with E-state index >= 15 is 0 Å². The molecule has 0 bridgehead atoms. The van der Waals surface area contributed by atoms with E-state index in [0.29, 0.717) is 25.6 Å². The van der Waals surface area contributed by atoms with Crippen LogP contribution in [0.15, 0.2) is 4.42 Å². The lowest BCUT2D eigenvalue weighted by Gasteiger charge is -2.14. The van der Waals surface area contributed by atoms with Crippen molar-refractivity contribution in [1.82, 2.24) is 15.5 Å². The maximum atomic E-state index is 12.1. The third-order valence-electron chi connectivity index (χ3n) is 2.27. The summed E-state index contributed by atoms with van der Waals surface area (Å²) in [6.07, 6.45) is -5.12. The number of halogens is 3. The number of alkyl halides is 3. The van der Waals surface area contributed by atoms with Gasteiger partial charge in [-0.2, -0.15) is 13.2 Å². The van der Waals surface area contributed by atoms with Crippen molar-refractivity contribution in [2.75, 3.05) is 38.8 Å². The van der Waals surface area contributed by atoms with Crippen LogP contribution in [0.4, 0.5) is 19.2 Å². The molecule has 0 spiro atoms. The Morgan fingerprint density at radius 1 is 1.37 bits per heavy atom. The van der Waals surface area contributed by atoms with Gasteiger partial charge in [-0.05, 0) is 0 Å². The van der Waals surface area contributed by atoms with Gasteiger partial charge in [0.2, 0.25) is 5.89 Å². The first-order valence-electron chi connectivity index (χ1n) is 5.72. The van der Waals surface area contributed by atoms with Gasteiger partial charge in [-0.1, -0.05) is 5.10 Å². The Morgan fingerprint density at radius 2 is 2.11 bits per heavy atom. The van der Waals surface area contributed by atoms with Crippen molar-refractivity contribution in [3.63, 3.8) is 0 Å². The minimum absolute atomic E-state index is 0.0767. The molecule has 1 heterocycles. The van der Waals surface area contributed by atoms with E-state index in [9.17, 15) is 13.2 Å². The first-order chi connectivity index (χ1) is 8.92. The lowest BCUT2D eigenvalue weighted by molar-refractivity contribution is -0.132. The molecule has 0 aromatic carbocycles. The van der Waals surface area contributed by atoms with Crippen LogP contribution in [0.3, 0.4) is 0 Å². The summed E-state index contributed by atoms with van der Waals surface area (Å²) >= 11 is 0. The molecular formula is C10H17F3N4O2. The van der Waals surface area contributed by atoms with Crippen molar-refractivity contribution in [2.24, 2.45) is 0 Å². The number of nitrogens with one attached hydrogen (secondary N) is 1. The zero-order valence-corrected chi connectivity index (χ0v) is 10.8. The minimum Gasteiger partial charge on any atom is -0.407 e. The summed E-state index contributed by atoms with van der Waals surface area (Å²) in [6.45, 7) is 1.30. The summed E-state index contributed by atoms with van der Waals surface area (Å²) in [5.74, 6) is 0.324. The highest BCUT2D eigenvalue weighted by Crippen LogP contribution is 2.21. The van der Waals surface area contributed by atoms with Crippen LogP contribution in [-0.4, -0.2) is 50.2 Å². The van der Waals surface area contributed by atoms with Gasteiger partial charge in [-0.15, -0.1) is 5.10 Å². The van der Waals surface area contributed by atoms with E-state index in [-0.39, 0.29) is 12.6 Å². The van der Waals surface area contributed by atoms with E-state index < -0.39 is 12.6 Å². The topological polar surface area (TPSA) is 63.4 Å². The monoisotopic (exact) mass is 282 g/mol. The number of hydrogen-bond donors (Lipinski definition) is 1. The maximum Gasteiger partial charge on any atom is 0.390 e. The molecule has 19 heavy (non-hydrogen) atoms. The first-order valence-corrected chi connectivity index (χ1v) is 5.72. The normalized spacial score (nSPS) is 11.8. The summed E-state index contributed by atoms with van der Waals surface area (Å²) in [6, 6.07) is 0.0767. The molecule has 0 aliphatic heterocycles. The molecule has 0 atom stereocenters. The van der Waals surface area contributed by atoms with E-state index in [1.165, 1.54) is 11.9 Å². The lowest BCUT2D eigenvalue weighted by atomic mass is 10.4. The molecule has 1 rings (SSSR count). The Balaban J connectivity index is 2.36. The second kappa shape index (κ2) is 7.29. The van der Waals surface area contributed by atoms with E-state index in [1.807, 2.05) is 0 Å². The van der Waals surface area contributed by atoms with Crippen LogP contribution in [-0.2, 0) is 11.3 Å². The smallest absolute Gasteiger partial charge is 0.390 e. The van der Waals surface area contributed by atoms with Gasteiger partial charge in [0.1, 0.15) is 0 Å². The fourth-order valence-electron chi connectivity index (χ4n) is 1.23. The average molecular weight is 282 g/mol. The predicted octanol–water partition coefficient (Wildman–Crippen LogP) is 1.19. The highest BCUT2D eigenvalue weighted by atomic mass is 19.4. The molecule has 1 aromatic heterocycles. The fourth-order valence-corrected chi connectivity index (χ4v) is 1.23. The molecular weight excluding hydrogens is 265 g/mol. The highest BCUT2D eigenvalue weighted by Gasteiger charge is 2.28. The molecule has 110 valence electrons. The largest absolute Gasteiger partial charge is 0.407 e. The summed E-state index contributed by atoms with van der Waals surface area (Å²) < 4.78 is 46.2. The quantitative estimate of drug-likeness (QED) is 0.723. The Morgan fingerprint density at radius 3 is 2.74 bits per heavy atom. The van der Waals surface area contributed by atoms with Gasteiger partial charge in [-0.3, -0.25) is 0 Å². The second-order valence-corrected chi connectivity index (χ2v) is 3.93. The van der Waals surface area contributed by atoms with Gasteiger partial charge in [0.25, 0.3) is 0 Å². The van der Waals surface area contributed by atoms with E-state index in [0.717, 1.165) is 0 Å². The number of ether oxygens (including phenoxy) is 1. The SMILES string of the molecule is COCCNCc1nnc(N(C)CCC(F)(F)F)o1. The van der Waals surface area contributed by atoms with Crippen molar-refractivity contribution in [3.8, 4) is 0 Å². The number of nitrogens with zero attached hydrogens (tertiary/aromatic N) is 3. The van der Waals surface area contributed by atoms with Crippen molar-refractivity contribution in [2.45, 2.75) is 19.1 Å². The molecule has 6 nitrogen and oxygen atoms in total. The van der Waals surface area contributed by atoms with Gasteiger partial charge in [0.05, 0.1) is 19.6 Å². The molecule has 0 unspecified atom stereocenters. The van der Waals surface area contributed by atoms with Crippen LogP contribution >= 0.6 is 0 Å². The van der Waals surface area contributed by atoms with Gasteiger partial charge >= 0.3 is 12.2 Å². The van der Waals surface area contributed by atoms with Gasteiger partial charge in [0, 0.05) is 27.2 Å². The molecule has 1 N–H and O–H groups in total. The molecule has 9 heteroatoms. The second-order valence-electron chi connectivity index (χ2n) is 3.93. The van der Waals surface area contributed by atoms with Crippen LogP contribution in [0.25, 0.3) is 0 Å². The number of anilines is 1. The Bertz CT molecular complexity index is 370. The summed E-state index contributed by atoms with van der Waals surface area (Å²) in [5, 5.41) is 10.4. The van der Waals surface area contributed by atoms with E-state index in [4.69, 9.17) is 9.15 Å². The van der Waals surface area contributed by atoms with Gasteiger partial charge in [0.15, 0.2) is 0 Å². The van der Waals surface area contributed by atoms with Crippen LogP contribution in [0.1, 0.15) is 12.3 Å². The van der Waals surface area contributed by atoms with E-state index in [2.05, 4.69) is 15.5 Å². The Kier molecular flexibility index (Phi) is 6.03. The molecule has 0 saturated heterocycles. The molecule has 0 aliphatic rings. The molecule has 0 saturated carbocycles. The summed E-state index contributed by atoms with van der Waals surface area (Å²) in [5.41, 5.74) is 0. The lowest BCUT2D eigenvalue weighted by Crippen LogP contribution is -2.24. The highest BCUT2D eigenvalue weighted by molar-refractivity contribution is 5.21. The maximum absolute atomic E-state index is 12.1. The van der Waals surface area contributed by atoms with Gasteiger partial charge in [-0.25, -0.2) is 0 Å². The zero-order valence-electron chi connectivity index (χ0n) is 10.8. The molecule has 1 aromatic rings. The van der Waals surface area contributed by atoms with Crippen LogP contribution in [0.2, 0.25) is 0 Å². The fraction of sp³-hybridized carbons (Fsp3) is 0.800. The molecule has 0 radical (unpaired) electrons. The van der Waals surface area contributed by atoms with Crippen LogP contribution in [0, 0.1) is 0 Å². The minimum atomic E-state index is -4.20. The third kappa shape index (κ3) is 6.39. The summed E-state index contributed by atoms with van der Waals surface area (Å²) in [7, 11) is 3.06. The standard InChI is InChI=1S/C10H17F3N4O2/c1-17(5-3-10(11,12)13)9-16-15-8(19-9)7-14-4-6-18-2/h14H,3-7H2,1-2H3. The number of hydrogen-bond acceptors (Lipinski definition) is 6. The number of rotatable bonds is 8. The van der Waals surface area contributed by atoms with Crippen LogP contribution < -0.4 is 10.2 Å². The Labute approximate surface area is 108 Å². The van der Waals surface area contributed by atoms with Crippen LogP contribution in [0.5, 0.6) is 0 Å². The number of aromatic nitrogens is 2. The summed E-state index contributed by atoms with van der Waals surface area (Å²) in [4.78, 5) is 1.28. The average Bonchev–Trinajstić information content (AvgIpc) is 2.79. The first kappa shape index (κ1) is 15.7. The molecule has 0 aliphatic carbocycles. The third-order valence-corrected chi connectivity index (χ3v) is 2.27. The number of methoxy groups -OCH3 is 1. The van der Waals surface area contributed by atoms with Crippen molar-refractivity contribution in [3.05, 3.63) is 5.89 Å². The predicted molar refractivity (Wildman–Crippen MR) is 61.8 cm³/mol. The van der Waals surface area contributed by atoms with Gasteiger partial charge < -0.3 is 19.4 Å². The van der Waals surface area contributed by atoms with Crippen molar-refractivity contribution in [1.29, 1.82) is 0 Å². The molecule has 0 amide bonds. The van der Waals surface area contributed by atoms with Crippen molar-refractivity contribution < 1.29 is 22.3 Å².